The molecule has 1 heterocycles. The van der Waals surface area contributed by atoms with Crippen LogP contribution in [0.1, 0.15) is 29.5 Å². The van der Waals surface area contributed by atoms with Crippen LogP contribution in [0.4, 0.5) is 0 Å². The number of ether oxygens (including phenoxy) is 1. The number of hydrogen-bond acceptors (Lipinski definition) is 4. The van der Waals surface area contributed by atoms with Crippen LogP contribution in [0.3, 0.4) is 0 Å². The number of aromatic nitrogens is 2. The van der Waals surface area contributed by atoms with Crippen LogP contribution in [0.5, 0.6) is 0 Å². The fourth-order valence-corrected chi connectivity index (χ4v) is 0.910. The predicted octanol–water partition coefficient (Wildman–Crippen LogP) is 1.39. The number of hydrogen-bond donors (Lipinski definition) is 0. The van der Waals surface area contributed by atoms with Gasteiger partial charge in [0.25, 0.3) is 0 Å². The molecule has 0 saturated heterocycles. The van der Waals surface area contributed by atoms with Crippen molar-refractivity contribution in [2.75, 3.05) is 13.2 Å². The van der Waals surface area contributed by atoms with Crippen LogP contribution in [-0.2, 0) is 4.74 Å². The highest BCUT2D eigenvalue weighted by Crippen LogP contribution is 1.95. The highest BCUT2D eigenvalue weighted by Gasteiger charge is 2.07. The average Bonchev–Trinajstić information content (AvgIpc) is 2.19. The van der Waals surface area contributed by atoms with Gasteiger partial charge in [0.1, 0.15) is 6.61 Å². The lowest BCUT2D eigenvalue weighted by atomic mass is 10.3. The number of Topliss-reactive ketones (excluding diaryl/α,β-unsaturated/α-hetero) is 1. The first-order valence-electron chi connectivity index (χ1n) is 4.63. The molecule has 0 unspecified atom stereocenters. The number of nitrogens with zero attached hydrogens (tertiary/aromatic N) is 2. The lowest BCUT2D eigenvalue weighted by Crippen LogP contribution is -2.13. The van der Waals surface area contributed by atoms with E-state index in [2.05, 4.69) is 9.97 Å². The second kappa shape index (κ2) is 5.44. The Balaban J connectivity index is 2.48. The summed E-state index contributed by atoms with van der Waals surface area (Å²) in [5.74, 6) is 0.0603. The second-order valence-electron chi connectivity index (χ2n) is 3.06. The van der Waals surface area contributed by atoms with Crippen molar-refractivity contribution in [3.8, 4) is 0 Å². The van der Waals surface area contributed by atoms with Crippen molar-refractivity contribution in [2.24, 2.45) is 0 Å². The Labute approximate surface area is 83.3 Å². The standard InChI is InChI=1S/C10H14N2O2/c1-3-4-14-7-9(13)10-11-5-8(2)6-12-10/h5-6H,3-4,7H2,1-2H3. The number of carbonyl (C=O) groups excluding carboxylic acids is 1. The summed E-state index contributed by atoms with van der Waals surface area (Å²) >= 11 is 0. The summed E-state index contributed by atoms with van der Waals surface area (Å²) < 4.78 is 5.10. The third-order valence-corrected chi connectivity index (χ3v) is 1.61. The molecule has 76 valence electrons. The Morgan fingerprint density at radius 3 is 2.64 bits per heavy atom. The zero-order chi connectivity index (χ0) is 10.4. The zero-order valence-corrected chi connectivity index (χ0v) is 8.49. The highest BCUT2D eigenvalue weighted by atomic mass is 16.5. The lowest BCUT2D eigenvalue weighted by molar-refractivity contribution is 0.0751. The van der Waals surface area contributed by atoms with Gasteiger partial charge >= 0.3 is 0 Å². The molecule has 0 aliphatic carbocycles. The minimum absolute atomic E-state index is 0.0664. The molecule has 0 atom stereocenters. The smallest absolute Gasteiger partial charge is 0.225 e. The third kappa shape index (κ3) is 3.22. The first-order valence-corrected chi connectivity index (χ1v) is 4.63. The molecule has 0 amide bonds. The van der Waals surface area contributed by atoms with E-state index in [-0.39, 0.29) is 18.2 Å². The number of rotatable bonds is 5. The van der Waals surface area contributed by atoms with Crippen molar-refractivity contribution in [1.29, 1.82) is 0 Å². The van der Waals surface area contributed by atoms with Crippen molar-refractivity contribution in [3.63, 3.8) is 0 Å². The van der Waals surface area contributed by atoms with Gasteiger partial charge in [-0.3, -0.25) is 4.79 Å². The summed E-state index contributed by atoms with van der Waals surface area (Å²) in [4.78, 5) is 19.2. The summed E-state index contributed by atoms with van der Waals surface area (Å²) in [5, 5.41) is 0. The van der Waals surface area contributed by atoms with Crippen molar-refractivity contribution in [1.82, 2.24) is 9.97 Å². The van der Waals surface area contributed by atoms with Gasteiger partial charge in [0.05, 0.1) is 0 Å². The van der Waals surface area contributed by atoms with E-state index < -0.39 is 0 Å². The van der Waals surface area contributed by atoms with Crippen LogP contribution in [0.2, 0.25) is 0 Å². The van der Waals surface area contributed by atoms with Crippen molar-refractivity contribution < 1.29 is 9.53 Å². The van der Waals surface area contributed by atoms with Gasteiger partial charge in [-0.1, -0.05) is 6.92 Å². The molecule has 1 rings (SSSR count). The normalized spacial score (nSPS) is 10.1. The molecule has 0 aliphatic heterocycles. The van der Waals surface area contributed by atoms with Gasteiger partial charge in [-0.15, -0.1) is 0 Å². The van der Waals surface area contributed by atoms with Gasteiger partial charge in [-0.25, -0.2) is 9.97 Å². The summed E-state index contributed by atoms with van der Waals surface area (Å²) in [6, 6.07) is 0. The molecule has 1 aromatic rings. The quantitative estimate of drug-likeness (QED) is 0.525. The molecule has 0 saturated carbocycles. The molecule has 0 fully saturated rings. The first-order chi connectivity index (χ1) is 6.74. The molecule has 14 heavy (non-hydrogen) atoms. The topological polar surface area (TPSA) is 52.1 Å². The minimum Gasteiger partial charge on any atom is -0.373 e. The van der Waals surface area contributed by atoms with E-state index >= 15 is 0 Å². The molecule has 0 spiro atoms. The summed E-state index contributed by atoms with van der Waals surface area (Å²) in [6.45, 7) is 4.53. The molecular weight excluding hydrogens is 180 g/mol. The average molecular weight is 194 g/mol. The zero-order valence-electron chi connectivity index (χ0n) is 8.49. The van der Waals surface area contributed by atoms with E-state index in [0.717, 1.165) is 12.0 Å². The molecule has 4 heteroatoms. The van der Waals surface area contributed by atoms with Crippen LogP contribution < -0.4 is 0 Å². The second-order valence-corrected chi connectivity index (χ2v) is 3.06. The van der Waals surface area contributed by atoms with E-state index in [0.29, 0.717) is 6.61 Å². The number of aryl methyl sites for hydroxylation is 1. The molecule has 0 N–H and O–H groups in total. The molecular formula is C10H14N2O2. The maximum absolute atomic E-state index is 11.4. The van der Waals surface area contributed by atoms with Crippen molar-refractivity contribution in [2.45, 2.75) is 20.3 Å². The van der Waals surface area contributed by atoms with Crippen LogP contribution in [0.15, 0.2) is 12.4 Å². The van der Waals surface area contributed by atoms with Gasteiger partial charge in [-0.2, -0.15) is 0 Å². The van der Waals surface area contributed by atoms with Gasteiger partial charge in [0.15, 0.2) is 5.82 Å². The lowest BCUT2D eigenvalue weighted by Gasteiger charge is -2.00. The van der Waals surface area contributed by atoms with Crippen molar-refractivity contribution in [3.05, 3.63) is 23.8 Å². The maximum Gasteiger partial charge on any atom is 0.225 e. The Hall–Kier alpha value is -1.29. The number of carbonyl (C=O) groups is 1. The van der Waals surface area contributed by atoms with Gasteiger partial charge in [0, 0.05) is 19.0 Å². The molecule has 4 nitrogen and oxygen atoms in total. The summed E-state index contributed by atoms with van der Waals surface area (Å²) in [6.07, 6.45) is 4.15. The highest BCUT2D eigenvalue weighted by molar-refractivity contribution is 5.93. The molecule has 0 aliphatic rings. The van der Waals surface area contributed by atoms with Gasteiger partial charge in [0.2, 0.25) is 5.78 Å². The van der Waals surface area contributed by atoms with Crippen LogP contribution in [-0.4, -0.2) is 29.0 Å². The van der Waals surface area contributed by atoms with E-state index in [4.69, 9.17) is 4.74 Å². The first kappa shape index (κ1) is 10.8. The fourth-order valence-electron chi connectivity index (χ4n) is 0.910. The molecule has 0 radical (unpaired) electrons. The Morgan fingerprint density at radius 2 is 2.07 bits per heavy atom. The van der Waals surface area contributed by atoms with E-state index in [1.807, 2.05) is 13.8 Å². The van der Waals surface area contributed by atoms with Gasteiger partial charge < -0.3 is 4.74 Å². The third-order valence-electron chi connectivity index (χ3n) is 1.61. The largest absolute Gasteiger partial charge is 0.373 e. The van der Waals surface area contributed by atoms with E-state index in [1.54, 1.807) is 12.4 Å². The summed E-state index contributed by atoms with van der Waals surface area (Å²) in [5.41, 5.74) is 0.941. The molecule has 1 aromatic heterocycles. The Kier molecular flexibility index (Phi) is 4.19. The molecule has 0 aromatic carbocycles. The fraction of sp³-hybridized carbons (Fsp3) is 0.500. The van der Waals surface area contributed by atoms with Crippen LogP contribution in [0.25, 0.3) is 0 Å². The summed E-state index contributed by atoms with van der Waals surface area (Å²) in [7, 11) is 0. The van der Waals surface area contributed by atoms with Crippen LogP contribution in [0, 0.1) is 6.92 Å². The number of ketones is 1. The SMILES string of the molecule is CCCOCC(=O)c1ncc(C)cn1. The Bertz CT molecular complexity index is 295. The van der Waals surface area contributed by atoms with Crippen LogP contribution >= 0.6 is 0 Å². The monoisotopic (exact) mass is 194 g/mol. The van der Waals surface area contributed by atoms with Gasteiger partial charge in [-0.05, 0) is 18.9 Å². The maximum atomic E-state index is 11.4. The minimum atomic E-state index is -0.168. The molecule has 0 bridgehead atoms. The van der Waals surface area contributed by atoms with E-state index in [1.165, 1.54) is 0 Å². The van der Waals surface area contributed by atoms with Crippen molar-refractivity contribution >= 4 is 5.78 Å². The Morgan fingerprint density at radius 1 is 1.43 bits per heavy atom. The van der Waals surface area contributed by atoms with E-state index in [9.17, 15) is 4.79 Å². The predicted molar refractivity (Wildman–Crippen MR) is 52.2 cm³/mol.